The molecular formula is C55H49N3O. The number of pyridine rings is 1. The average Bonchev–Trinajstić information content (AvgIpc) is 3.64. The van der Waals surface area contributed by atoms with E-state index in [1.165, 1.54) is 5.56 Å². The molecule has 0 spiro atoms. The summed E-state index contributed by atoms with van der Waals surface area (Å²) < 4.78 is 0. The molecule has 7 aromatic carbocycles. The fourth-order valence-corrected chi connectivity index (χ4v) is 8.43. The maximum absolute atomic E-state index is 12.2. The molecule has 0 saturated carbocycles. The average molecular weight is 768 g/mol. The van der Waals surface area contributed by atoms with Gasteiger partial charge in [0.2, 0.25) is 0 Å². The Kier molecular flexibility index (Phi) is 9.52. The molecule has 4 heteroatoms. The Bertz CT molecular complexity index is 2810. The third-order valence-electron chi connectivity index (χ3n) is 11.5. The van der Waals surface area contributed by atoms with Gasteiger partial charge in [-0.25, -0.2) is 4.98 Å². The summed E-state index contributed by atoms with van der Waals surface area (Å²) >= 11 is 0. The number of para-hydroxylation sites is 3. The van der Waals surface area contributed by atoms with E-state index in [1.807, 2.05) is 12.1 Å². The highest BCUT2D eigenvalue weighted by molar-refractivity contribution is 6.15. The molecule has 8 aromatic rings. The highest BCUT2D eigenvalue weighted by atomic mass is 16.3. The zero-order valence-corrected chi connectivity index (χ0v) is 34.6. The Morgan fingerprint density at radius 3 is 1.81 bits per heavy atom. The molecule has 0 radical (unpaired) electrons. The van der Waals surface area contributed by atoms with Gasteiger partial charge in [-0.05, 0) is 81.4 Å². The van der Waals surface area contributed by atoms with Crippen molar-refractivity contribution in [2.45, 2.75) is 58.3 Å². The number of aliphatic imine (C=N–C) groups is 1. The van der Waals surface area contributed by atoms with Crippen LogP contribution in [0.25, 0.3) is 33.3 Å². The van der Waals surface area contributed by atoms with Crippen molar-refractivity contribution in [3.05, 3.63) is 204 Å². The third kappa shape index (κ3) is 7.10. The molecular weight excluding hydrogens is 719 g/mol. The van der Waals surface area contributed by atoms with Crippen LogP contribution in [0.15, 0.2) is 181 Å². The van der Waals surface area contributed by atoms with E-state index in [1.54, 1.807) is 0 Å². The van der Waals surface area contributed by atoms with E-state index in [-0.39, 0.29) is 16.7 Å². The Morgan fingerprint density at radius 2 is 1.15 bits per heavy atom. The molecule has 0 bridgehead atoms. The molecule has 0 amide bonds. The highest BCUT2D eigenvalue weighted by Gasteiger charge is 2.36. The van der Waals surface area contributed by atoms with Gasteiger partial charge >= 0.3 is 0 Å². The molecule has 1 atom stereocenters. The second-order valence-corrected chi connectivity index (χ2v) is 17.6. The van der Waals surface area contributed by atoms with Crippen molar-refractivity contribution in [3.63, 3.8) is 0 Å². The van der Waals surface area contributed by atoms with E-state index in [0.29, 0.717) is 5.75 Å². The predicted octanol–water partition coefficient (Wildman–Crippen LogP) is 14.6. The lowest BCUT2D eigenvalue weighted by Gasteiger charge is -2.28. The van der Waals surface area contributed by atoms with E-state index < -0.39 is 0 Å². The van der Waals surface area contributed by atoms with Gasteiger partial charge in [0, 0.05) is 44.7 Å². The first-order valence-corrected chi connectivity index (χ1v) is 20.5. The van der Waals surface area contributed by atoms with E-state index in [0.717, 1.165) is 84.0 Å². The van der Waals surface area contributed by atoms with Gasteiger partial charge in [0.15, 0.2) is 0 Å². The quantitative estimate of drug-likeness (QED) is 0.176. The minimum absolute atomic E-state index is 0.137. The van der Waals surface area contributed by atoms with Crippen molar-refractivity contribution in [1.82, 2.24) is 4.98 Å². The summed E-state index contributed by atoms with van der Waals surface area (Å²) in [7, 11) is 0. The molecule has 0 fully saturated rings. The van der Waals surface area contributed by atoms with Crippen LogP contribution in [0.1, 0.15) is 75.3 Å². The van der Waals surface area contributed by atoms with Crippen LogP contribution in [0, 0.1) is 0 Å². The zero-order chi connectivity index (χ0) is 40.9. The van der Waals surface area contributed by atoms with Crippen LogP contribution in [0.2, 0.25) is 0 Å². The Balaban J connectivity index is 1.25. The summed E-state index contributed by atoms with van der Waals surface area (Å²) in [6.45, 7) is 13.2. The first-order chi connectivity index (χ1) is 28.5. The van der Waals surface area contributed by atoms with Gasteiger partial charge in [0.1, 0.15) is 5.75 Å². The molecule has 290 valence electrons. The van der Waals surface area contributed by atoms with E-state index in [4.69, 9.17) is 9.98 Å². The summed E-state index contributed by atoms with van der Waals surface area (Å²) in [6, 6.07) is 61.7. The van der Waals surface area contributed by atoms with Crippen molar-refractivity contribution < 1.29 is 5.11 Å². The fourth-order valence-electron chi connectivity index (χ4n) is 8.43. The van der Waals surface area contributed by atoms with E-state index in [9.17, 15) is 5.11 Å². The van der Waals surface area contributed by atoms with Crippen molar-refractivity contribution >= 4 is 39.2 Å². The SMILES string of the molecule is CC(C)(C)c1cc(C2=Nc3c(-c4nc(-c5cccc(N(c6ccccc6)c6ccccc6)c5)cc5ccccc45)cccc3C2c2ccccc2)c(O)c(C(C)(C)C)c1. The molecule has 4 nitrogen and oxygen atoms in total. The van der Waals surface area contributed by atoms with Crippen molar-refractivity contribution in [2.24, 2.45) is 4.99 Å². The van der Waals surface area contributed by atoms with E-state index in [2.05, 4.69) is 210 Å². The molecule has 0 aliphatic carbocycles. The van der Waals surface area contributed by atoms with Crippen molar-refractivity contribution in [1.29, 1.82) is 0 Å². The Morgan fingerprint density at radius 1 is 0.542 bits per heavy atom. The van der Waals surface area contributed by atoms with Crippen molar-refractivity contribution in [3.8, 4) is 28.3 Å². The number of phenols is 1. The summed E-state index contributed by atoms with van der Waals surface area (Å²) in [5, 5.41) is 14.4. The first-order valence-electron chi connectivity index (χ1n) is 20.5. The van der Waals surface area contributed by atoms with Crippen LogP contribution in [-0.4, -0.2) is 15.8 Å². The number of rotatable bonds is 7. The topological polar surface area (TPSA) is 48.7 Å². The smallest absolute Gasteiger partial charge is 0.128 e. The Labute approximate surface area is 348 Å². The van der Waals surface area contributed by atoms with E-state index >= 15 is 0 Å². The lowest BCUT2D eigenvalue weighted by molar-refractivity contribution is 0.443. The molecule has 59 heavy (non-hydrogen) atoms. The molecule has 1 aliphatic rings. The summed E-state index contributed by atoms with van der Waals surface area (Å²) in [6.07, 6.45) is 0. The van der Waals surface area contributed by atoms with Gasteiger partial charge < -0.3 is 10.0 Å². The Hall–Kier alpha value is -6.78. The number of nitrogens with zero attached hydrogens (tertiary/aromatic N) is 3. The second-order valence-electron chi connectivity index (χ2n) is 17.6. The standard InChI is InChI=1S/C55H49N3O/c1-54(2,3)39-34-46(53(59)47(35-39)55(4,5)6)52-49(36-20-10-7-11-21-36)44-30-19-31-45(51(44)57-52)50-43-29-17-16-22-37(43)33-48(56-50)38-23-18-28-42(32-38)58(40-24-12-8-13-25-40)41-26-14-9-15-27-41/h7-35,49,59H,1-6H3. The van der Waals surface area contributed by atoms with Crippen LogP contribution < -0.4 is 4.90 Å². The van der Waals surface area contributed by atoms with Gasteiger partial charge in [-0.15, -0.1) is 0 Å². The number of benzene rings is 7. The van der Waals surface area contributed by atoms with Crippen LogP contribution in [0.3, 0.4) is 0 Å². The lowest BCUT2D eigenvalue weighted by Crippen LogP contribution is -2.20. The molecule has 9 rings (SSSR count). The van der Waals surface area contributed by atoms with Crippen LogP contribution in [-0.2, 0) is 10.8 Å². The number of aromatic hydroxyl groups is 1. The minimum Gasteiger partial charge on any atom is -0.507 e. The largest absolute Gasteiger partial charge is 0.507 e. The summed E-state index contributed by atoms with van der Waals surface area (Å²) in [4.78, 5) is 13.4. The van der Waals surface area contributed by atoms with Crippen LogP contribution >= 0.6 is 0 Å². The summed E-state index contributed by atoms with van der Waals surface area (Å²) in [5.74, 6) is 0.109. The van der Waals surface area contributed by atoms with Crippen LogP contribution in [0.5, 0.6) is 5.75 Å². The zero-order valence-electron chi connectivity index (χ0n) is 34.6. The van der Waals surface area contributed by atoms with Gasteiger partial charge in [-0.2, -0.15) is 0 Å². The normalized spacial score (nSPS) is 13.9. The maximum Gasteiger partial charge on any atom is 0.128 e. The summed E-state index contributed by atoms with van der Waals surface area (Å²) in [5.41, 5.74) is 13.4. The molecule has 1 aromatic heterocycles. The fraction of sp³-hybridized carbons (Fsp3) is 0.164. The number of hydrogen-bond donors (Lipinski definition) is 1. The highest BCUT2D eigenvalue weighted by Crippen LogP contribution is 2.50. The van der Waals surface area contributed by atoms with Crippen molar-refractivity contribution in [2.75, 3.05) is 4.90 Å². The van der Waals surface area contributed by atoms with Gasteiger partial charge in [-0.3, -0.25) is 4.99 Å². The minimum atomic E-state index is -0.278. The number of fused-ring (bicyclic) bond motifs is 2. The van der Waals surface area contributed by atoms with Crippen LogP contribution in [0.4, 0.5) is 22.7 Å². The molecule has 1 aliphatic heterocycles. The molecule has 1 unspecified atom stereocenters. The van der Waals surface area contributed by atoms with Gasteiger partial charge in [0.05, 0.1) is 28.7 Å². The predicted molar refractivity (Wildman–Crippen MR) is 247 cm³/mol. The second kappa shape index (κ2) is 14.9. The van der Waals surface area contributed by atoms with Gasteiger partial charge in [-0.1, -0.05) is 169 Å². The number of aromatic nitrogens is 1. The van der Waals surface area contributed by atoms with Gasteiger partial charge in [0.25, 0.3) is 0 Å². The number of anilines is 3. The number of hydrogen-bond acceptors (Lipinski definition) is 4. The first kappa shape index (κ1) is 37.8. The monoisotopic (exact) mass is 767 g/mol. The third-order valence-corrected chi connectivity index (χ3v) is 11.5. The molecule has 0 saturated heterocycles. The molecule has 2 heterocycles. The number of phenolic OH excluding ortho intramolecular Hbond substituents is 1. The lowest BCUT2D eigenvalue weighted by atomic mass is 9.76. The maximum atomic E-state index is 12.2. The molecule has 1 N–H and O–H groups in total.